The quantitative estimate of drug-likeness (QED) is 0.779. The molecule has 0 saturated carbocycles. The van der Waals surface area contributed by atoms with Gasteiger partial charge < -0.3 is 5.32 Å². The minimum atomic E-state index is 0.411. The molecule has 0 aromatic heterocycles. The van der Waals surface area contributed by atoms with Crippen LogP contribution in [0, 0.1) is 5.41 Å². The Bertz CT molecular complexity index is 318. The van der Waals surface area contributed by atoms with Crippen LogP contribution in [0.15, 0.2) is 0 Å². The molecule has 2 aliphatic rings. The summed E-state index contributed by atoms with van der Waals surface area (Å²) >= 11 is 0. The molecule has 21 heavy (non-hydrogen) atoms. The number of hydrogen-bond acceptors (Lipinski definition) is 3. The van der Waals surface area contributed by atoms with Crippen molar-refractivity contribution in [1.29, 1.82) is 0 Å². The van der Waals surface area contributed by atoms with E-state index in [-0.39, 0.29) is 0 Å². The number of nitrogens with one attached hydrogen (secondary N) is 1. The zero-order valence-corrected chi connectivity index (χ0v) is 15.0. The van der Waals surface area contributed by atoms with Crippen molar-refractivity contribution in [1.82, 2.24) is 15.1 Å². The topological polar surface area (TPSA) is 18.5 Å². The molecule has 0 bridgehead atoms. The Labute approximate surface area is 132 Å². The van der Waals surface area contributed by atoms with Crippen LogP contribution in [0.3, 0.4) is 0 Å². The van der Waals surface area contributed by atoms with Crippen molar-refractivity contribution in [3.63, 3.8) is 0 Å². The molecule has 3 nitrogen and oxygen atoms in total. The third kappa shape index (κ3) is 4.67. The van der Waals surface area contributed by atoms with E-state index in [0.29, 0.717) is 11.5 Å². The van der Waals surface area contributed by atoms with Gasteiger partial charge in [-0.2, -0.15) is 0 Å². The maximum absolute atomic E-state index is 3.68. The fourth-order valence-electron chi connectivity index (χ4n) is 4.24. The number of piperazine rings is 1. The molecule has 0 aliphatic carbocycles. The highest BCUT2D eigenvalue weighted by molar-refractivity contribution is 4.93. The Hall–Kier alpha value is -0.120. The van der Waals surface area contributed by atoms with Gasteiger partial charge in [0, 0.05) is 44.3 Å². The standard InChI is InChI=1S/C18H37N3/c1-6-9-18(5,13-19-15(2)3)14-21-12-17-8-7-10-20(17)11-16(21)4/h15-17,19H,6-14H2,1-5H3. The smallest absolute Gasteiger partial charge is 0.0224 e. The minimum Gasteiger partial charge on any atom is -0.314 e. The molecule has 0 amide bonds. The summed E-state index contributed by atoms with van der Waals surface area (Å²) in [5.74, 6) is 0. The molecular weight excluding hydrogens is 258 g/mol. The molecule has 0 aromatic rings. The molecule has 2 fully saturated rings. The van der Waals surface area contributed by atoms with Crippen molar-refractivity contribution >= 4 is 0 Å². The van der Waals surface area contributed by atoms with Gasteiger partial charge >= 0.3 is 0 Å². The summed E-state index contributed by atoms with van der Waals surface area (Å²) in [7, 11) is 0. The highest BCUT2D eigenvalue weighted by atomic mass is 15.3. The monoisotopic (exact) mass is 295 g/mol. The summed E-state index contributed by atoms with van der Waals surface area (Å²) in [4.78, 5) is 5.51. The van der Waals surface area contributed by atoms with Crippen LogP contribution in [0.2, 0.25) is 0 Å². The molecule has 3 heteroatoms. The summed E-state index contributed by atoms with van der Waals surface area (Å²) < 4.78 is 0. The van der Waals surface area contributed by atoms with E-state index in [0.717, 1.165) is 18.6 Å². The van der Waals surface area contributed by atoms with Crippen LogP contribution in [0.1, 0.15) is 60.3 Å². The van der Waals surface area contributed by atoms with Crippen molar-refractivity contribution in [2.45, 2.75) is 78.4 Å². The molecule has 0 aromatic carbocycles. The van der Waals surface area contributed by atoms with Crippen LogP contribution < -0.4 is 5.32 Å². The van der Waals surface area contributed by atoms with Crippen LogP contribution in [0.4, 0.5) is 0 Å². The van der Waals surface area contributed by atoms with Gasteiger partial charge in [0.1, 0.15) is 0 Å². The first-order valence-electron chi connectivity index (χ1n) is 9.15. The van der Waals surface area contributed by atoms with E-state index < -0.39 is 0 Å². The van der Waals surface area contributed by atoms with E-state index in [9.17, 15) is 0 Å². The van der Waals surface area contributed by atoms with Crippen LogP contribution >= 0.6 is 0 Å². The van der Waals surface area contributed by atoms with Gasteiger partial charge in [0.05, 0.1) is 0 Å². The van der Waals surface area contributed by atoms with Crippen LogP contribution in [-0.2, 0) is 0 Å². The second-order valence-corrected chi connectivity index (χ2v) is 8.17. The molecule has 2 heterocycles. The Morgan fingerprint density at radius 2 is 2.05 bits per heavy atom. The third-order valence-electron chi connectivity index (χ3n) is 5.44. The predicted octanol–water partition coefficient (Wildman–Crippen LogP) is 2.96. The fourth-order valence-corrected chi connectivity index (χ4v) is 4.24. The van der Waals surface area contributed by atoms with Crippen molar-refractivity contribution in [2.24, 2.45) is 5.41 Å². The van der Waals surface area contributed by atoms with Gasteiger partial charge in [-0.15, -0.1) is 0 Å². The molecule has 1 N–H and O–H groups in total. The van der Waals surface area contributed by atoms with E-state index in [2.05, 4.69) is 49.7 Å². The minimum absolute atomic E-state index is 0.411. The summed E-state index contributed by atoms with van der Waals surface area (Å²) in [5, 5.41) is 3.68. The number of nitrogens with zero attached hydrogens (tertiary/aromatic N) is 2. The average Bonchev–Trinajstić information content (AvgIpc) is 2.84. The highest BCUT2D eigenvalue weighted by Gasteiger charge is 2.37. The van der Waals surface area contributed by atoms with E-state index in [1.165, 1.54) is 51.9 Å². The van der Waals surface area contributed by atoms with Crippen molar-refractivity contribution in [3.8, 4) is 0 Å². The second-order valence-electron chi connectivity index (χ2n) is 8.17. The van der Waals surface area contributed by atoms with Gasteiger partial charge in [0.2, 0.25) is 0 Å². The molecule has 2 aliphatic heterocycles. The Morgan fingerprint density at radius 1 is 1.29 bits per heavy atom. The number of hydrogen-bond donors (Lipinski definition) is 1. The zero-order chi connectivity index (χ0) is 15.5. The van der Waals surface area contributed by atoms with E-state index >= 15 is 0 Å². The van der Waals surface area contributed by atoms with Gasteiger partial charge in [-0.3, -0.25) is 9.80 Å². The lowest BCUT2D eigenvalue weighted by Gasteiger charge is -2.46. The number of fused-ring (bicyclic) bond motifs is 1. The lowest BCUT2D eigenvalue weighted by Crippen LogP contribution is -2.58. The van der Waals surface area contributed by atoms with Gasteiger partial charge in [0.25, 0.3) is 0 Å². The van der Waals surface area contributed by atoms with Gasteiger partial charge in [-0.05, 0) is 38.1 Å². The Morgan fingerprint density at radius 3 is 2.71 bits per heavy atom. The van der Waals surface area contributed by atoms with E-state index in [1.54, 1.807) is 0 Å². The second kappa shape index (κ2) is 7.43. The fraction of sp³-hybridized carbons (Fsp3) is 1.00. The molecule has 0 spiro atoms. The zero-order valence-electron chi connectivity index (χ0n) is 15.0. The van der Waals surface area contributed by atoms with Gasteiger partial charge in [-0.1, -0.05) is 34.1 Å². The summed E-state index contributed by atoms with van der Waals surface area (Å²) in [6.07, 6.45) is 5.43. The summed E-state index contributed by atoms with van der Waals surface area (Å²) in [6.45, 7) is 18.1. The van der Waals surface area contributed by atoms with Gasteiger partial charge in [0.15, 0.2) is 0 Å². The largest absolute Gasteiger partial charge is 0.314 e. The van der Waals surface area contributed by atoms with Crippen molar-refractivity contribution < 1.29 is 0 Å². The molecule has 3 unspecified atom stereocenters. The van der Waals surface area contributed by atoms with Crippen molar-refractivity contribution in [3.05, 3.63) is 0 Å². The Kier molecular flexibility index (Phi) is 6.10. The first-order valence-corrected chi connectivity index (χ1v) is 9.15. The first kappa shape index (κ1) is 17.2. The predicted molar refractivity (Wildman–Crippen MR) is 91.8 cm³/mol. The molecular formula is C18H37N3. The third-order valence-corrected chi connectivity index (χ3v) is 5.44. The normalized spacial score (nSPS) is 30.6. The highest BCUT2D eigenvalue weighted by Crippen LogP contribution is 2.30. The lowest BCUT2D eigenvalue weighted by atomic mass is 9.83. The molecule has 0 radical (unpaired) electrons. The summed E-state index contributed by atoms with van der Waals surface area (Å²) in [6, 6.07) is 2.14. The lowest BCUT2D eigenvalue weighted by molar-refractivity contribution is 0.0266. The molecule has 2 rings (SSSR count). The van der Waals surface area contributed by atoms with Crippen LogP contribution in [0.5, 0.6) is 0 Å². The van der Waals surface area contributed by atoms with Crippen molar-refractivity contribution in [2.75, 3.05) is 32.7 Å². The molecule has 2 saturated heterocycles. The number of rotatable bonds is 7. The SMILES string of the molecule is CCCC(C)(CNC(C)C)CN1CC2CCCN2CC1C. The van der Waals surface area contributed by atoms with Crippen LogP contribution in [0.25, 0.3) is 0 Å². The average molecular weight is 296 g/mol. The first-order chi connectivity index (χ1) is 9.93. The van der Waals surface area contributed by atoms with E-state index in [4.69, 9.17) is 0 Å². The maximum Gasteiger partial charge on any atom is 0.0224 e. The van der Waals surface area contributed by atoms with Gasteiger partial charge in [-0.25, -0.2) is 0 Å². The van der Waals surface area contributed by atoms with E-state index in [1.807, 2.05) is 0 Å². The van der Waals surface area contributed by atoms with Crippen LogP contribution in [-0.4, -0.2) is 60.6 Å². The maximum atomic E-state index is 3.68. The molecule has 3 atom stereocenters. The summed E-state index contributed by atoms with van der Waals surface area (Å²) in [5.41, 5.74) is 0.411. The molecule has 124 valence electrons. The Balaban J connectivity index is 1.94.